The highest BCUT2D eigenvalue weighted by Crippen LogP contribution is 2.31. The van der Waals surface area contributed by atoms with E-state index in [-0.39, 0.29) is 6.04 Å². The van der Waals surface area contributed by atoms with Crippen molar-refractivity contribution in [3.05, 3.63) is 65.2 Å². The summed E-state index contributed by atoms with van der Waals surface area (Å²) in [5.74, 6) is -1.18. The average Bonchev–Trinajstić information content (AvgIpc) is 3.19. The van der Waals surface area contributed by atoms with E-state index in [1.165, 1.54) is 16.8 Å². The average molecular weight is 436 g/mol. The Morgan fingerprint density at radius 3 is 2.38 bits per heavy atom. The molecule has 0 bridgehead atoms. The number of amides is 2. The fourth-order valence-corrected chi connectivity index (χ4v) is 4.51. The van der Waals surface area contributed by atoms with Gasteiger partial charge in [-0.25, -0.2) is 0 Å². The van der Waals surface area contributed by atoms with Crippen LogP contribution in [0.2, 0.25) is 0 Å². The minimum atomic E-state index is -0.596. The number of nitrogens with one attached hydrogen (secondary N) is 2. The number of piperazine rings is 1. The molecule has 2 aliphatic heterocycles. The van der Waals surface area contributed by atoms with Gasteiger partial charge in [0.1, 0.15) is 0 Å². The normalized spacial score (nSPS) is 17.6. The summed E-state index contributed by atoms with van der Waals surface area (Å²) in [4.78, 5) is 31.9. The van der Waals surface area contributed by atoms with Gasteiger partial charge >= 0.3 is 11.8 Å². The molecule has 7 nitrogen and oxygen atoms in total. The number of benzene rings is 2. The van der Waals surface area contributed by atoms with Crippen LogP contribution in [0.1, 0.15) is 22.7 Å². The lowest BCUT2D eigenvalue weighted by Crippen LogP contribution is -2.49. The molecule has 0 aromatic heterocycles. The number of nitrogens with zero attached hydrogens (tertiary/aromatic N) is 3. The maximum absolute atomic E-state index is 12.5. The molecular weight excluding hydrogens is 402 g/mol. The highest BCUT2D eigenvalue weighted by atomic mass is 16.2. The van der Waals surface area contributed by atoms with Crippen LogP contribution >= 0.6 is 0 Å². The molecular formula is C25H33N5O2. The second-order valence-electron chi connectivity index (χ2n) is 8.79. The lowest BCUT2D eigenvalue weighted by molar-refractivity contribution is -0.139. The molecule has 7 heteroatoms. The second kappa shape index (κ2) is 10.1. The monoisotopic (exact) mass is 435 g/mol. The van der Waals surface area contributed by atoms with Crippen molar-refractivity contribution in [1.82, 2.24) is 20.4 Å². The summed E-state index contributed by atoms with van der Waals surface area (Å²) in [7, 11) is 4.26. The first-order chi connectivity index (χ1) is 15.5. The van der Waals surface area contributed by atoms with Crippen molar-refractivity contribution in [3.8, 4) is 0 Å². The summed E-state index contributed by atoms with van der Waals surface area (Å²) in [6, 6.07) is 16.3. The van der Waals surface area contributed by atoms with E-state index in [2.05, 4.69) is 57.6 Å². The van der Waals surface area contributed by atoms with Crippen LogP contribution in [0.3, 0.4) is 0 Å². The van der Waals surface area contributed by atoms with E-state index < -0.39 is 11.8 Å². The van der Waals surface area contributed by atoms with Crippen molar-refractivity contribution < 1.29 is 9.59 Å². The minimum Gasteiger partial charge on any atom is -0.374 e. The molecule has 170 valence electrons. The summed E-state index contributed by atoms with van der Waals surface area (Å²) < 4.78 is 0. The van der Waals surface area contributed by atoms with Gasteiger partial charge in [0.25, 0.3) is 0 Å². The van der Waals surface area contributed by atoms with Crippen molar-refractivity contribution in [1.29, 1.82) is 0 Å². The number of hydrogen-bond donors (Lipinski definition) is 2. The first-order valence-electron chi connectivity index (χ1n) is 11.4. The molecule has 2 heterocycles. The van der Waals surface area contributed by atoms with Gasteiger partial charge in [-0.2, -0.15) is 0 Å². The molecule has 2 aliphatic rings. The lowest BCUT2D eigenvalue weighted by Gasteiger charge is -2.38. The van der Waals surface area contributed by atoms with Gasteiger partial charge in [0.15, 0.2) is 0 Å². The molecule has 1 unspecified atom stereocenters. The molecule has 2 amide bonds. The largest absolute Gasteiger partial charge is 0.374 e. The second-order valence-corrected chi connectivity index (χ2v) is 8.79. The number of carbonyl (C=O) groups is 2. The Kier molecular flexibility index (Phi) is 7.07. The van der Waals surface area contributed by atoms with Crippen LogP contribution < -0.4 is 15.5 Å². The predicted molar refractivity (Wildman–Crippen MR) is 127 cm³/mol. The van der Waals surface area contributed by atoms with Crippen LogP contribution in [-0.2, 0) is 22.6 Å². The van der Waals surface area contributed by atoms with Gasteiger partial charge in [-0.3, -0.25) is 14.5 Å². The molecule has 1 atom stereocenters. The van der Waals surface area contributed by atoms with Crippen molar-refractivity contribution in [2.75, 3.05) is 58.3 Å². The van der Waals surface area contributed by atoms with Crippen molar-refractivity contribution >= 4 is 17.5 Å². The fourth-order valence-electron chi connectivity index (χ4n) is 4.51. The van der Waals surface area contributed by atoms with Crippen LogP contribution in [0.25, 0.3) is 0 Å². The van der Waals surface area contributed by atoms with Crippen molar-refractivity contribution in [2.24, 2.45) is 0 Å². The predicted octanol–water partition coefficient (Wildman–Crippen LogP) is 1.40. The number of carbonyl (C=O) groups excluding carboxylic acids is 2. The topological polar surface area (TPSA) is 67.9 Å². The standard InChI is InChI=1S/C25H33N5O2/c1-28-12-14-30(15-13-28)23(20-8-9-22-21(16-20)10-11-29(22)2)18-27-25(32)24(31)26-17-19-6-4-3-5-7-19/h3-9,16,23H,10-15,17-18H2,1-2H3,(H,26,31)(H,27,32). The molecule has 0 aliphatic carbocycles. The smallest absolute Gasteiger partial charge is 0.309 e. The summed E-state index contributed by atoms with van der Waals surface area (Å²) in [6.45, 7) is 5.66. The van der Waals surface area contributed by atoms with Crippen molar-refractivity contribution in [2.45, 2.75) is 19.0 Å². The Bertz CT molecular complexity index is 941. The van der Waals surface area contributed by atoms with Gasteiger partial charge in [0.2, 0.25) is 0 Å². The maximum Gasteiger partial charge on any atom is 0.309 e. The van der Waals surface area contributed by atoms with Gasteiger partial charge in [0.05, 0.1) is 6.04 Å². The Balaban J connectivity index is 1.41. The minimum absolute atomic E-state index is 0.0470. The number of rotatable bonds is 6. The first-order valence-corrected chi connectivity index (χ1v) is 11.4. The van der Waals surface area contributed by atoms with E-state index in [4.69, 9.17) is 0 Å². The molecule has 2 aromatic carbocycles. The van der Waals surface area contributed by atoms with E-state index in [0.717, 1.165) is 44.7 Å². The zero-order valence-corrected chi connectivity index (χ0v) is 19.0. The highest BCUT2D eigenvalue weighted by Gasteiger charge is 2.27. The third kappa shape index (κ3) is 5.29. The van der Waals surface area contributed by atoms with Gasteiger partial charge in [-0.05, 0) is 36.2 Å². The molecule has 1 fully saturated rings. The first kappa shape index (κ1) is 22.3. The summed E-state index contributed by atoms with van der Waals surface area (Å²) >= 11 is 0. The number of fused-ring (bicyclic) bond motifs is 1. The highest BCUT2D eigenvalue weighted by molar-refractivity contribution is 6.35. The molecule has 32 heavy (non-hydrogen) atoms. The van der Waals surface area contributed by atoms with Gasteiger partial charge in [-0.15, -0.1) is 0 Å². The zero-order valence-electron chi connectivity index (χ0n) is 19.0. The van der Waals surface area contributed by atoms with E-state index in [9.17, 15) is 9.59 Å². The van der Waals surface area contributed by atoms with Crippen LogP contribution in [0, 0.1) is 0 Å². The number of anilines is 1. The van der Waals surface area contributed by atoms with E-state index in [1.54, 1.807) is 0 Å². The summed E-state index contributed by atoms with van der Waals surface area (Å²) in [5.41, 5.74) is 4.81. The third-order valence-corrected chi connectivity index (χ3v) is 6.55. The molecule has 2 aromatic rings. The maximum atomic E-state index is 12.5. The lowest BCUT2D eigenvalue weighted by atomic mass is 10.00. The van der Waals surface area contributed by atoms with Gasteiger partial charge in [0, 0.05) is 58.5 Å². The Morgan fingerprint density at radius 1 is 0.906 bits per heavy atom. The van der Waals surface area contributed by atoms with Crippen molar-refractivity contribution in [3.63, 3.8) is 0 Å². The molecule has 0 spiro atoms. The molecule has 4 rings (SSSR count). The molecule has 1 saturated heterocycles. The van der Waals surface area contributed by atoms with Gasteiger partial charge < -0.3 is 20.4 Å². The van der Waals surface area contributed by atoms with E-state index >= 15 is 0 Å². The quantitative estimate of drug-likeness (QED) is 0.672. The number of hydrogen-bond acceptors (Lipinski definition) is 5. The SMILES string of the molecule is CN1CCN(C(CNC(=O)C(=O)NCc2ccccc2)c2ccc3c(c2)CCN3C)CC1. The number of likely N-dealkylation sites (N-methyl/N-ethyl adjacent to an activating group) is 2. The summed E-state index contributed by atoms with van der Waals surface area (Å²) in [6.07, 6.45) is 1.05. The summed E-state index contributed by atoms with van der Waals surface area (Å²) in [5, 5.41) is 5.60. The van der Waals surface area contributed by atoms with E-state index in [1.807, 2.05) is 30.3 Å². The Hall–Kier alpha value is -2.90. The van der Waals surface area contributed by atoms with Crippen LogP contribution in [0.15, 0.2) is 48.5 Å². The van der Waals surface area contributed by atoms with E-state index in [0.29, 0.717) is 13.1 Å². The zero-order chi connectivity index (χ0) is 22.5. The van der Waals surface area contributed by atoms with Crippen LogP contribution in [0.5, 0.6) is 0 Å². The Labute approximate surface area is 190 Å². The molecule has 0 radical (unpaired) electrons. The molecule has 0 saturated carbocycles. The fraction of sp³-hybridized carbons (Fsp3) is 0.440. The third-order valence-electron chi connectivity index (χ3n) is 6.55. The van der Waals surface area contributed by atoms with Crippen LogP contribution in [-0.4, -0.2) is 75.0 Å². The Morgan fingerprint density at radius 2 is 1.62 bits per heavy atom. The van der Waals surface area contributed by atoms with Crippen LogP contribution in [0.4, 0.5) is 5.69 Å². The van der Waals surface area contributed by atoms with Gasteiger partial charge in [-0.1, -0.05) is 42.5 Å². The molecule has 2 N–H and O–H groups in total.